The van der Waals surface area contributed by atoms with Crippen molar-refractivity contribution < 1.29 is 4.74 Å². The second-order valence-electron chi connectivity index (χ2n) is 5.39. The number of nitrogens with zero attached hydrogens (tertiary/aromatic N) is 1. The van der Waals surface area contributed by atoms with Crippen LogP contribution in [0.1, 0.15) is 18.9 Å². The fraction of sp³-hybridized carbons (Fsp3) is 0.600. The highest BCUT2D eigenvalue weighted by atomic mass is 16.5. The zero-order chi connectivity index (χ0) is 12.4. The third-order valence-corrected chi connectivity index (χ3v) is 4.18. The van der Waals surface area contributed by atoms with E-state index >= 15 is 0 Å². The lowest BCUT2D eigenvalue weighted by molar-refractivity contribution is -0.0206. The van der Waals surface area contributed by atoms with Gasteiger partial charge in [0.05, 0.1) is 13.2 Å². The minimum Gasteiger partial charge on any atom is -0.383 e. The van der Waals surface area contributed by atoms with E-state index in [1.165, 1.54) is 24.1 Å². The molecule has 98 valence electrons. The normalized spacial score (nSPS) is 29.2. The molecule has 2 aliphatic rings. The molecule has 1 aromatic carbocycles. The van der Waals surface area contributed by atoms with Crippen molar-refractivity contribution in [1.82, 2.24) is 4.90 Å². The van der Waals surface area contributed by atoms with E-state index in [0.29, 0.717) is 12.1 Å². The molecule has 2 atom stereocenters. The van der Waals surface area contributed by atoms with E-state index < -0.39 is 0 Å². The molecule has 0 bridgehead atoms. The van der Waals surface area contributed by atoms with Crippen LogP contribution in [0.2, 0.25) is 0 Å². The molecule has 1 fully saturated rings. The van der Waals surface area contributed by atoms with Crippen molar-refractivity contribution in [1.29, 1.82) is 0 Å². The molecule has 2 aliphatic heterocycles. The van der Waals surface area contributed by atoms with E-state index in [4.69, 9.17) is 4.74 Å². The van der Waals surface area contributed by atoms with Crippen molar-refractivity contribution in [2.24, 2.45) is 0 Å². The van der Waals surface area contributed by atoms with E-state index in [1.54, 1.807) is 0 Å². The number of benzene rings is 1. The van der Waals surface area contributed by atoms with E-state index in [-0.39, 0.29) is 0 Å². The highest BCUT2D eigenvalue weighted by molar-refractivity contribution is 5.52. The standard InChI is InChI=1S/C15H22N2O/c1-12-11-18-9-8-17(12)14-7-6-13-4-2-3-5-15(13)16-10-14/h2-5,12,14,16H,6-11H2,1H3. The monoisotopic (exact) mass is 246 g/mol. The van der Waals surface area contributed by atoms with Crippen molar-refractivity contribution in [2.75, 3.05) is 31.6 Å². The van der Waals surface area contributed by atoms with Crippen LogP contribution in [-0.2, 0) is 11.2 Å². The van der Waals surface area contributed by atoms with Crippen LogP contribution in [0.3, 0.4) is 0 Å². The molecule has 2 heterocycles. The minimum atomic E-state index is 0.548. The van der Waals surface area contributed by atoms with Gasteiger partial charge in [-0.2, -0.15) is 0 Å². The van der Waals surface area contributed by atoms with Gasteiger partial charge in [0.15, 0.2) is 0 Å². The van der Waals surface area contributed by atoms with Gasteiger partial charge in [-0.05, 0) is 31.4 Å². The van der Waals surface area contributed by atoms with E-state index in [2.05, 4.69) is 41.4 Å². The Hall–Kier alpha value is -1.06. The molecule has 0 aromatic heterocycles. The Bertz CT molecular complexity index is 380. The van der Waals surface area contributed by atoms with Crippen molar-refractivity contribution in [3.05, 3.63) is 29.8 Å². The highest BCUT2D eigenvalue weighted by Gasteiger charge is 2.27. The summed E-state index contributed by atoms with van der Waals surface area (Å²) in [4.78, 5) is 2.61. The number of fused-ring (bicyclic) bond motifs is 1. The summed E-state index contributed by atoms with van der Waals surface area (Å²) in [6.45, 7) is 6.17. The van der Waals surface area contributed by atoms with Crippen molar-refractivity contribution in [3.8, 4) is 0 Å². The van der Waals surface area contributed by atoms with Gasteiger partial charge in [-0.15, -0.1) is 0 Å². The minimum absolute atomic E-state index is 0.548. The van der Waals surface area contributed by atoms with Crippen LogP contribution >= 0.6 is 0 Å². The molecule has 0 aliphatic carbocycles. The van der Waals surface area contributed by atoms with Gasteiger partial charge in [0.25, 0.3) is 0 Å². The molecular weight excluding hydrogens is 224 g/mol. The molecular formula is C15H22N2O. The van der Waals surface area contributed by atoms with E-state index in [1.807, 2.05) is 0 Å². The number of anilines is 1. The maximum absolute atomic E-state index is 5.53. The van der Waals surface area contributed by atoms with Gasteiger partial charge in [0, 0.05) is 30.9 Å². The zero-order valence-corrected chi connectivity index (χ0v) is 11.1. The highest BCUT2D eigenvalue weighted by Crippen LogP contribution is 2.24. The first kappa shape index (κ1) is 12.0. The van der Waals surface area contributed by atoms with E-state index in [0.717, 1.165) is 26.3 Å². The number of hydrogen-bond donors (Lipinski definition) is 1. The van der Waals surface area contributed by atoms with E-state index in [9.17, 15) is 0 Å². The summed E-state index contributed by atoms with van der Waals surface area (Å²) >= 11 is 0. The Morgan fingerprint density at radius 3 is 3.11 bits per heavy atom. The second kappa shape index (κ2) is 5.29. The van der Waals surface area contributed by atoms with Gasteiger partial charge in [-0.1, -0.05) is 18.2 Å². The molecule has 1 saturated heterocycles. The fourth-order valence-electron chi connectivity index (χ4n) is 3.13. The first-order valence-electron chi connectivity index (χ1n) is 7.00. The van der Waals surface area contributed by atoms with Gasteiger partial charge < -0.3 is 10.1 Å². The number of hydrogen-bond acceptors (Lipinski definition) is 3. The Labute approximate surface area is 109 Å². The van der Waals surface area contributed by atoms with Crippen LogP contribution in [0.25, 0.3) is 0 Å². The number of aryl methyl sites for hydroxylation is 1. The van der Waals surface area contributed by atoms with Gasteiger partial charge in [0.2, 0.25) is 0 Å². The largest absolute Gasteiger partial charge is 0.383 e. The molecule has 2 unspecified atom stereocenters. The van der Waals surface area contributed by atoms with Gasteiger partial charge in [0.1, 0.15) is 0 Å². The molecule has 3 nitrogen and oxygen atoms in total. The predicted molar refractivity (Wildman–Crippen MR) is 74.0 cm³/mol. The maximum atomic E-state index is 5.53. The summed E-state index contributed by atoms with van der Waals surface area (Å²) in [5.41, 5.74) is 2.78. The van der Waals surface area contributed by atoms with Crippen LogP contribution in [0.15, 0.2) is 24.3 Å². The molecule has 3 heteroatoms. The number of nitrogens with one attached hydrogen (secondary N) is 1. The summed E-state index contributed by atoms with van der Waals surface area (Å²) in [7, 11) is 0. The molecule has 18 heavy (non-hydrogen) atoms. The van der Waals surface area contributed by atoms with Crippen molar-refractivity contribution in [2.45, 2.75) is 31.8 Å². The summed E-state index contributed by atoms with van der Waals surface area (Å²) in [6, 6.07) is 9.87. The lowest BCUT2D eigenvalue weighted by Crippen LogP contribution is -2.51. The topological polar surface area (TPSA) is 24.5 Å². The van der Waals surface area contributed by atoms with Crippen LogP contribution in [-0.4, -0.2) is 43.3 Å². The summed E-state index contributed by atoms with van der Waals surface area (Å²) in [6.07, 6.45) is 2.42. The van der Waals surface area contributed by atoms with Crippen LogP contribution < -0.4 is 5.32 Å². The van der Waals surface area contributed by atoms with Gasteiger partial charge in [-0.3, -0.25) is 4.90 Å². The third kappa shape index (κ3) is 2.38. The van der Waals surface area contributed by atoms with Crippen molar-refractivity contribution >= 4 is 5.69 Å². The number of morpholine rings is 1. The predicted octanol–water partition coefficient (Wildman–Crippen LogP) is 2.13. The van der Waals surface area contributed by atoms with Gasteiger partial charge in [-0.25, -0.2) is 0 Å². The summed E-state index contributed by atoms with van der Waals surface area (Å²) in [5.74, 6) is 0. The lowest BCUT2D eigenvalue weighted by atomic mass is 10.0. The Balaban J connectivity index is 1.70. The SMILES string of the molecule is CC1COCCN1C1CCc2ccccc2NC1. The average molecular weight is 246 g/mol. The quantitative estimate of drug-likeness (QED) is 0.821. The lowest BCUT2D eigenvalue weighted by Gasteiger charge is -2.39. The molecule has 0 spiro atoms. The summed E-state index contributed by atoms with van der Waals surface area (Å²) < 4.78 is 5.53. The smallest absolute Gasteiger partial charge is 0.0619 e. The summed E-state index contributed by atoms with van der Waals surface area (Å²) in [5, 5.41) is 3.61. The van der Waals surface area contributed by atoms with Crippen LogP contribution in [0.4, 0.5) is 5.69 Å². The van der Waals surface area contributed by atoms with Crippen LogP contribution in [0, 0.1) is 0 Å². The zero-order valence-electron chi connectivity index (χ0n) is 11.1. The Morgan fingerprint density at radius 2 is 2.22 bits per heavy atom. The number of para-hydroxylation sites is 1. The van der Waals surface area contributed by atoms with Crippen molar-refractivity contribution in [3.63, 3.8) is 0 Å². The molecule has 0 amide bonds. The maximum Gasteiger partial charge on any atom is 0.0619 e. The molecule has 3 rings (SSSR count). The average Bonchev–Trinajstić information content (AvgIpc) is 2.62. The molecule has 1 aromatic rings. The number of rotatable bonds is 1. The molecule has 0 radical (unpaired) electrons. The Kier molecular flexibility index (Phi) is 3.52. The third-order valence-electron chi connectivity index (χ3n) is 4.18. The second-order valence-corrected chi connectivity index (χ2v) is 5.39. The van der Waals surface area contributed by atoms with Crippen LogP contribution in [0.5, 0.6) is 0 Å². The molecule has 0 saturated carbocycles. The fourth-order valence-corrected chi connectivity index (χ4v) is 3.13. The number of ether oxygens (including phenoxy) is 1. The van der Waals surface area contributed by atoms with Gasteiger partial charge >= 0.3 is 0 Å². The first-order chi connectivity index (χ1) is 8.84. The Morgan fingerprint density at radius 1 is 1.33 bits per heavy atom. The first-order valence-corrected chi connectivity index (χ1v) is 7.00. The molecule has 1 N–H and O–H groups in total.